The van der Waals surface area contributed by atoms with Crippen LogP contribution in [0.25, 0.3) is 0 Å². The summed E-state index contributed by atoms with van der Waals surface area (Å²) in [5.74, 6) is -0.602. The van der Waals surface area contributed by atoms with Crippen molar-refractivity contribution in [3.8, 4) is 0 Å². The molecule has 0 saturated carbocycles. The van der Waals surface area contributed by atoms with Gasteiger partial charge >= 0.3 is 0 Å². The van der Waals surface area contributed by atoms with Gasteiger partial charge in [0.1, 0.15) is 6.04 Å². The number of thioether (sulfide) groups is 1. The molecule has 5 N–H and O–H groups in total. The van der Waals surface area contributed by atoms with E-state index in [1.165, 1.54) is 16.7 Å². The van der Waals surface area contributed by atoms with Gasteiger partial charge in [-0.05, 0) is 54.7 Å². The maximum absolute atomic E-state index is 13.6. The number of nitrogens with two attached hydrogens (primary N) is 1. The van der Waals surface area contributed by atoms with Crippen molar-refractivity contribution in [2.24, 2.45) is 0 Å². The number of hydrogen-bond acceptors (Lipinski definition) is 6. The predicted octanol–water partition coefficient (Wildman–Crippen LogP) is 2.81. The molecule has 204 valence electrons. The minimum Gasteiger partial charge on any atom is -0.398 e. The molecule has 0 spiro atoms. The molecule has 3 amide bonds. The van der Waals surface area contributed by atoms with E-state index in [2.05, 4.69) is 10.6 Å². The molecule has 0 aromatic heterocycles. The summed E-state index contributed by atoms with van der Waals surface area (Å²) in [5, 5.41) is 17.1. The maximum atomic E-state index is 13.6. The van der Waals surface area contributed by atoms with Crippen molar-refractivity contribution < 1.29 is 19.5 Å². The Morgan fingerprint density at radius 3 is 2.49 bits per heavy atom. The van der Waals surface area contributed by atoms with Gasteiger partial charge in [0.05, 0.1) is 11.9 Å². The van der Waals surface area contributed by atoms with Crippen molar-refractivity contribution in [1.82, 2.24) is 15.5 Å². The summed E-state index contributed by atoms with van der Waals surface area (Å²) in [7, 11) is 0. The number of aryl methyl sites for hydroxylation is 1. The van der Waals surface area contributed by atoms with E-state index in [-0.39, 0.29) is 18.2 Å². The standard InChI is InChI=1S/C30H34N4O4S/c1-19-9-6-7-12-22(19)16-32-29(37)26-17-39-18-34(26)30(38)27(35)25(15-21-10-4-3-5-11-21)33-28(36)23-13-8-14-24(31)20(23)2/h3-14,25-27,35H,15-18,31H2,1-2H3,(H,32,37)(H,33,36)/t25-,26?,27-/m0/s1. The fourth-order valence-electron chi connectivity index (χ4n) is 4.58. The van der Waals surface area contributed by atoms with Gasteiger partial charge in [-0.25, -0.2) is 0 Å². The van der Waals surface area contributed by atoms with E-state index in [4.69, 9.17) is 5.73 Å². The number of carbonyl (C=O) groups is 3. The Labute approximate surface area is 233 Å². The monoisotopic (exact) mass is 546 g/mol. The maximum Gasteiger partial charge on any atom is 0.254 e. The van der Waals surface area contributed by atoms with Crippen molar-refractivity contribution in [3.63, 3.8) is 0 Å². The topological polar surface area (TPSA) is 125 Å². The normalized spacial score (nSPS) is 16.4. The molecule has 1 fully saturated rings. The van der Waals surface area contributed by atoms with Crippen LogP contribution in [0.15, 0.2) is 72.8 Å². The van der Waals surface area contributed by atoms with E-state index in [1.54, 1.807) is 25.1 Å². The third-order valence-corrected chi connectivity index (χ3v) is 8.06. The van der Waals surface area contributed by atoms with Gasteiger partial charge in [0.2, 0.25) is 5.91 Å². The van der Waals surface area contributed by atoms with E-state index in [0.29, 0.717) is 29.1 Å². The highest BCUT2D eigenvalue weighted by atomic mass is 32.2. The van der Waals surface area contributed by atoms with E-state index in [1.807, 2.05) is 61.5 Å². The number of benzene rings is 3. The second-order valence-electron chi connectivity index (χ2n) is 9.70. The number of amides is 3. The third-order valence-electron chi connectivity index (χ3n) is 7.05. The molecule has 9 heteroatoms. The first-order valence-corrected chi connectivity index (χ1v) is 14.0. The zero-order chi connectivity index (χ0) is 27.9. The summed E-state index contributed by atoms with van der Waals surface area (Å²) < 4.78 is 0. The number of nitrogens with one attached hydrogen (secondary N) is 2. The Kier molecular flexibility index (Phi) is 9.27. The number of hydrogen-bond donors (Lipinski definition) is 4. The van der Waals surface area contributed by atoms with Crippen LogP contribution in [-0.4, -0.2) is 57.5 Å². The SMILES string of the molecule is Cc1ccccc1CNC(=O)C1CSCN1C(=O)[C@@H](O)[C@H](Cc1ccccc1)NC(=O)c1cccc(N)c1C. The molecule has 1 unspecified atom stereocenters. The molecule has 4 rings (SSSR count). The molecule has 1 heterocycles. The smallest absolute Gasteiger partial charge is 0.254 e. The van der Waals surface area contributed by atoms with Gasteiger partial charge in [-0.3, -0.25) is 14.4 Å². The molecule has 1 aliphatic rings. The molecule has 3 aromatic rings. The average molecular weight is 547 g/mol. The molecule has 0 bridgehead atoms. The Hall–Kier alpha value is -3.82. The Morgan fingerprint density at radius 1 is 1.03 bits per heavy atom. The van der Waals surface area contributed by atoms with Crippen molar-refractivity contribution in [3.05, 3.63) is 101 Å². The number of anilines is 1. The van der Waals surface area contributed by atoms with E-state index >= 15 is 0 Å². The number of nitrogen functional groups attached to an aromatic ring is 1. The fourth-order valence-corrected chi connectivity index (χ4v) is 5.75. The van der Waals surface area contributed by atoms with Gasteiger partial charge < -0.3 is 26.4 Å². The largest absolute Gasteiger partial charge is 0.398 e. The number of aliphatic hydroxyl groups excluding tert-OH is 1. The molecule has 8 nitrogen and oxygen atoms in total. The van der Waals surface area contributed by atoms with Crippen molar-refractivity contribution in [2.75, 3.05) is 17.4 Å². The number of nitrogens with zero attached hydrogens (tertiary/aromatic N) is 1. The van der Waals surface area contributed by atoms with Crippen LogP contribution in [0.5, 0.6) is 0 Å². The van der Waals surface area contributed by atoms with Crippen molar-refractivity contribution in [2.45, 2.75) is 45.0 Å². The first-order chi connectivity index (χ1) is 18.8. The summed E-state index contributed by atoms with van der Waals surface area (Å²) in [6, 6.07) is 20.5. The van der Waals surface area contributed by atoms with Gasteiger partial charge in [0, 0.05) is 23.5 Å². The van der Waals surface area contributed by atoms with Gasteiger partial charge in [-0.2, -0.15) is 0 Å². The highest BCUT2D eigenvalue weighted by molar-refractivity contribution is 7.99. The lowest BCUT2D eigenvalue weighted by Gasteiger charge is -2.30. The Balaban J connectivity index is 1.50. The van der Waals surface area contributed by atoms with Crippen LogP contribution in [0.3, 0.4) is 0 Å². The van der Waals surface area contributed by atoms with Gasteiger partial charge in [0.15, 0.2) is 6.10 Å². The lowest BCUT2D eigenvalue weighted by molar-refractivity contribution is -0.146. The Bertz CT molecular complexity index is 1330. The number of carbonyl (C=O) groups excluding carboxylic acids is 3. The van der Waals surface area contributed by atoms with Crippen LogP contribution < -0.4 is 16.4 Å². The zero-order valence-electron chi connectivity index (χ0n) is 22.1. The Morgan fingerprint density at radius 2 is 1.74 bits per heavy atom. The van der Waals surface area contributed by atoms with Crippen LogP contribution in [-0.2, 0) is 22.6 Å². The molecule has 1 aliphatic heterocycles. The van der Waals surface area contributed by atoms with Crippen LogP contribution in [0.4, 0.5) is 5.69 Å². The van der Waals surface area contributed by atoms with Crippen LogP contribution in [0, 0.1) is 13.8 Å². The van der Waals surface area contributed by atoms with Crippen molar-refractivity contribution >= 4 is 35.2 Å². The zero-order valence-corrected chi connectivity index (χ0v) is 22.9. The van der Waals surface area contributed by atoms with Crippen LogP contribution >= 0.6 is 11.8 Å². The molecule has 0 aliphatic carbocycles. The summed E-state index contributed by atoms with van der Waals surface area (Å²) in [5.41, 5.74) is 10.4. The first-order valence-electron chi connectivity index (χ1n) is 12.8. The van der Waals surface area contributed by atoms with Crippen LogP contribution in [0.1, 0.15) is 32.6 Å². The third kappa shape index (κ3) is 6.79. The second-order valence-corrected chi connectivity index (χ2v) is 10.7. The summed E-state index contributed by atoms with van der Waals surface area (Å²) in [6.07, 6.45) is -1.33. The first kappa shape index (κ1) is 28.2. The lowest BCUT2D eigenvalue weighted by atomic mass is 9.98. The quantitative estimate of drug-likeness (QED) is 0.306. The van der Waals surface area contributed by atoms with Gasteiger partial charge in [-0.1, -0.05) is 60.7 Å². The molecular formula is C30H34N4O4S. The molecule has 3 aromatic carbocycles. The summed E-state index contributed by atoms with van der Waals surface area (Å²) in [4.78, 5) is 41.3. The van der Waals surface area contributed by atoms with Crippen molar-refractivity contribution in [1.29, 1.82) is 0 Å². The van der Waals surface area contributed by atoms with E-state index in [0.717, 1.165) is 16.7 Å². The summed E-state index contributed by atoms with van der Waals surface area (Å²) >= 11 is 1.45. The number of rotatable bonds is 9. The number of aliphatic hydroxyl groups is 1. The van der Waals surface area contributed by atoms with E-state index in [9.17, 15) is 19.5 Å². The van der Waals surface area contributed by atoms with Gasteiger partial charge in [0.25, 0.3) is 11.8 Å². The van der Waals surface area contributed by atoms with Crippen LogP contribution in [0.2, 0.25) is 0 Å². The fraction of sp³-hybridized carbons (Fsp3) is 0.300. The molecule has 1 saturated heterocycles. The predicted molar refractivity (Wildman–Crippen MR) is 154 cm³/mol. The highest BCUT2D eigenvalue weighted by Crippen LogP contribution is 2.24. The minimum atomic E-state index is -1.55. The van der Waals surface area contributed by atoms with E-state index < -0.39 is 30.0 Å². The minimum absolute atomic E-state index is 0.228. The van der Waals surface area contributed by atoms with Gasteiger partial charge in [-0.15, -0.1) is 11.8 Å². The second kappa shape index (κ2) is 12.8. The molecule has 39 heavy (non-hydrogen) atoms. The molecule has 0 radical (unpaired) electrons. The lowest BCUT2D eigenvalue weighted by Crippen LogP contribution is -2.56. The highest BCUT2D eigenvalue weighted by Gasteiger charge is 2.40. The molecular weight excluding hydrogens is 512 g/mol. The summed E-state index contributed by atoms with van der Waals surface area (Å²) in [6.45, 7) is 4.08. The average Bonchev–Trinajstić information content (AvgIpc) is 3.43. The molecule has 3 atom stereocenters.